The molecule has 0 radical (unpaired) electrons. The zero-order chi connectivity index (χ0) is 44.7. The first kappa shape index (κ1) is 42.4. The number of nitrogens with one attached hydrogen (secondary N) is 4. The molecule has 0 saturated carbocycles. The number of halogens is 2. The highest BCUT2D eigenvalue weighted by Gasteiger charge is 2.27. The molecule has 21 nitrogen and oxygen atoms in total. The molecule has 0 fully saturated rings. The third-order valence-electron chi connectivity index (χ3n) is 9.69. The van der Waals surface area contributed by atoms with Gasteiger partial charge in [-0.1, -0.05) is 41.4 Å². The fourth-order valence-electron chi connectivity index (χ4n) is 6.65. The first-order valence-corrected chi connectivity index (χ1v) is 20.1. The Morgan fingerprint density at radius 3 is 1.80 bits per heavy atom. The van der Waals surface area contributed by atoms with Crippen molar-refractivity contribution in [3.05, 3.63) is 146 Å². The van der Waals surface area contributed by atoms with Gasteiger partial charge in [-0.25, -0.2) is 49.9 Å². The third-order valence-corrected chi connectivity index (χ3v) is 10.2. The van der Waals surface area contributed by atoms with E-state index in [1.807, 2.05) is 31.2 Å². The Balaban J connectivity index is 1.26. The number of nitrogens with two attached hydrogens (primary N) is 1. The summed E-state index contributed by atoms with van der Waals surface area (Å²) in [6, 6.07) is 18.3. The van der Waals surface area contributed by atoms with E-state index in [1.54, 1.807) is 65.4 Å². The number of H-pyrrole nitrogens is 2. The van der Waals surface area contributed by atoms with Crippen LogP contribution in [0.3, 0.4) is 0 Å². The lowest BCUT2D eigenvalue weighted by Gasteiger charge is -2.35. The number of aromatic nitrogens is 10. The fourth-order valence-corrected chi connectivity index (χ4v) is 7.00. The summed E-state index contributed by atoms with van der Waals surface area (Å²) < 4.78 is 0. The molecule has 8 rings (SSSR count). The van der Waals surface area contributed by atoms with E-state index in [2.05, 4.69) is 40.5 Å². The van der Waals surface area contributed by atoms with Crippen molar-refractivity contribution in [3.63, 3.8) is 0 Å². The van der Waals surface area contributed by atoms with Crippen molar-refractivity contribution >= 4 is 63.9 Å². The molecule has 0 bridgehead atoms. The van der Waals surface area contributed by atoms with Gasteiger partial charge in [-0.3, -0.25) is 20.2 Å². The van der Waals surface area contributed by atoms with Crippen LogP contribution < -0.4 is 26.4 Å². The summed E-state index contributed by atoms with van der Waals surface area (Å²) in [6.07, 6.45) is 11.2. The van der Waals surface area contributed by atoms with Gasteiger partial charge < -0.3 is 26.3 Å². The first-order valence-electron chi connectivity index (χ1n) is 19.3. The van der Waals surface area contributed by atoms with Gasteiger partial charge in [0.05, 0.1) is 45.5 Å². The monoisotopic (exact) mass is 899 g/mol. The van der Waals surface area contributed by atoms with Gasteiger partial charge in [-0.2, -0.15) is 0 Å². The standard InChI is InChI=1S/C41H35Cl2N17O4/c1-24-20-27(43)6-8-29(24)36-31(39-49-14-15-50-39)23-53-41(56-36)58(19-17-46-34-11-9-32(60(63)64)37(44)54-34)57(18-16-45-33-10-7-28(21-51-33)59(61)62)40-52-22-30(38-47-12-13-48-38)35(55-40)25-2-4-26(42)5-3-25/h2-15,20-23H,16-19H2,1H3,(H,45,51)(H,47,48)(H,49,50)(H3,44,46,54). The molecule has 0 amide bonds. The molecule has 0 aliphatic rings. The number of anilines is 5. The van der Waals surface area contributed by atoms with Crippen LogP contribution in [0.25, 0.3) is 45.3 Å². The highest BCUT2D eigenvalue weighted by atomic mass is 35.5. The summed E-state index contributed by atoms with van der Waals surface area (Å²) in [6.45, 7) is 2.59. The second-order valence-electron chi connectivity index (χ2n) is 13.8. The van der Waals surface area contributed by atoms with Crippen molar-refractivity contribution < 1.29 is 9.85 Å². The van der Waals surface area contributed by atoms with Crippen LogP contribution in [0.5, 0.6) is 0 Å². The Labute approximate surface area is 373 Å². The summed E-state index contributed by atoms with van der Waals surface area (Å²) >= 11 is 12.7. The maximum Gasteiger partial charge on any atom is 0.311 e. The third kappa shape index (κ3) is 9.44. The van der Waals surface area contributed by atoms with Crippen LogP contribution in [0.2, 0.25) is 10.0 Å². The highest BCUT2D eigenvalue weighted by Crippen LogP contribution is 2.35. The molecular weight excluding hydrogens is 865 g/mol. The Bertz CT molecular complexity index is 2920. The smallest absolute Gasteiger partial charge is 0.311 e. The van der Waals surface area contributed by atoms with Crippen LogP contribution in [0.1, 0.15) is 5.56 Å². The fraction of sp³-hybridized carbons (Fsp3) is 0.122. The summed E-state index contributed by atoms with van der Waals surface area (Å²) in [5, 5.41) is 33.9. The lowest BCUT2D eigenvalue weighted by atomic mass is 10.0. The number of rotatable bonds is 17. The topological polar surface area (TPSA) is 278 Å². The number of imidazole rings is 2. The summed E-state index contributed by atoms with van der Waals surface area (Å²) in [7, 11) is 0. The molecule has 0 saturated heterocycles. The average Bonchev–Trinajstić information content (AvgIpc) is 4.04. The van der Waals surface area contributed by atoms with Crippen LogP contribution in [-0.2, 0) is 0 Å². The minimum Gasteiger partial charge on any atom is -0.378 e. The number of hydrogen-bond acceptors (Lipinski definition) is 17. The maximum atomic E-state index is 11.5. The normalized spacial score (nSPS) is 11.0. The van der Waals surface area contributed by atoms with E-state index in [0.717, 1.165) is 16.7 Å². The Morgan fingerprint density at radius 1 is 0.656 bits per heavy atom. The number of aryl methyl sites for hydroxylation is 1. The van der Waals surface area contributed by atoms with Crippen molar-refractivity contribution in [2.75, 3.05) is 52.6 Å². The molecule has 6 aromatic heterocycles. The highest BCUT2D eigenvalue weighted by molar-refractivity contribution is 6.31. The van der Waals surface area contributed by atoms with Gasteiger partial charge in [-0.05, 0) is 48.9 Å². The Kier molecular flexibility index (Phi) is 12.4. The van der Waals surface area contributed by atoms with Gasteiger partial charge in [0, 0.05) is 83.6 Å². The lowest BCUT2D eigenvalue weighted by molar-refractivity contribution is -0.385. The van der Waals surface area contributed by atoms with Crippen LogP contribution in [-0.4, -0.2) is 85.9 Å². The van der Waals surface area contributed by atoms with Gasteiger partial charge >= 0.3 is 5.69 Å². The number of nitrogen functional groups attached to an aromatic ring is 1. The van der Waals surface area contributed by atoms with Crippen molar-refractivity contribution in [2.24, 2.45) is 0 Å². The van der Waals surface area contributed by atoms with Crippen LogP contribution in [0.15, 0.2) is 110 Å². The number of hydrazine groups is 1. The number of aromatic amines is 2. The predicted octanol–water partition coefficient (Wildman–Crippen LogP) is 7.64. The molecule has 0 aliphatic heterocycles. The summed E-state index contributed by atoms with van der Waals surface area (Å²) in [4.78, 5) is 65.5. The quantitative estimate of drug-likeness (QED) is 0.0433. The van der Waals surface area contributed by atoms with E-state index >= 15 is 0 Å². The molecule has 6 N–H and O–H groups in total. The Morgan fingerprint density at radius 2 is 1.25 bits per heavy atom. The van der Waals surface area contributed by atoms with Crippen LogP contribution >= 0.6 is 23.2 Å². The molecule has 2 aromatic carbocycles. The molecule has 6 heterocycles. The van der Waals surface area contributed by atoms with Crippen molar-refractivity contribution in [2.45, 2.75) is 6.92 Å². The van der Waals surface area contributed by atoms with Gasteiger partial charge in [0.1, 0.15) is 29.5 Å². The minimum absolute atomic E-state index is 0.132. The molecule has 0 atom stereocenters. The molecule has 322 valence electrons. The summed E-state index contributed by atoms with van der Waals surface area (Å²) in [5.41, 5.74) is 10.1. The predicted molar refractivity (Wildman–Crippen MR) is 243 cm³/mol. The molecule has 0 unspecified atom stereocenters. The van der Waals surface area contributed by atoms with Crippen molar-refractivity contribution in [3.8, 4) is 45.3 Å². The SMILES string of the molecule is Cc1cc(Cl)ccc1-c1nc(N(CCNc2ccc([N+](=O)[O-])c(N)n2)N(CCNc2ccc([N+](=O)[O-])cn2)c2ncc(-c3ncc[nH]3)c(-c3ccc(Cl)cc3)n2)ncc1-c1ncc[nH]1. The second kappa shape index (κ2) is 18.8. The average molecular weight is 901 g/mol. The lowest BCUT2D eigenvalue weighted by Crippen LogP contribution is -2.49. The number of pyridine rings is 2. The largest absolute Gasteiger partial charge is 0.378 e. The zero-order valence-electron chi connectivity index (χ0n) is 33.6. The van der Waals surface area contributed by atoms with Crippen molar-refractivity contribution in [1.29, 1.82) is 0 Å². The number of hydrogen-bond donors (Lipinski definition) is 5. The molecule has 8 aromatic rings. The van der Waals surface area contributed by atoms with Gasteiger partial charge in [0.2, 0.25) is 17.7 Å². The second-order valence-corrected chi connectivity index (χ2v) is 14.7. The number of nitro groups is 2. The van der Waals surface area contributed by atoms with E-state index in [0.29, 0.717) is 50.0 Å². The molecular formula is C41H35Cl2N17O4. The van der Waals surface area contributed by atoms with E-state index in [9.17, 15) is 20.2 Å². The molecule has 0 aliphatic carbocycles. The van der Waals surface area contributed by atoms with Gasteiger partial charge in [0.25, 0.3) is 5.69 Å². The first-order chi connectivity index (χ1) is 31.0. The number of benzene rings is 2. The van der Waals surface area contributed by atoms with Gasteiger partial charge in [-0.15, -0.1) is 0 Å². The summed E-state index contributed by atoms with van der Waals surface area (Å²) in [5.74, 6) is 1.93. The number of nitrogens with zero attached hydrogens (tertiary/aromatic N) is 12. The minimum atomic E-state index is -0.606. The molecule has 23 heteroatoms. The van der Waals surface area contributed by atoms with Crippen LogP contribution in [0.4, 0.5) is 40.7 Å². The van der Waals surface area contributed by atoms with Crippen LogP contribution in [0, 0.1) is 27.2 Å². The van der Waals surface area contributed by atoms with E-state index in [-0.39, 0.29) is 61.1 Å². The van der Waals surface area contributed by atoms with Crippen molar-refractivity contribution in [1.82, 2.24) is 49.8 Å². The van der Waals surface area contributed by atoms with Gasteiger partial charge in [0.15, 0.2) is 0 Å². The van der Waals surface area contributed by atoms with E-state index < -0.39 is 9.85 Å². The van der Waals surface area contributed by atoms with E-state index in [4.69, 9.17) is 48.9 Å². The maximum absolute atomic E-state index is 11.5. The van der Waals surface area contributed by atoms with E-state index in [1.165, 1.54) is 30.5 Å². The zero-order valence-corrected chi connectivity index (χ0v) is 35.1. The molecule has 64 heavy (non-hydrogen) atoms. The molecule has 0 spiro atoms. The Hall–Kier alpha value is -8.30.